The molecule has 0 aliphatic heterocycles. The Kier molecular flexibility index (Phi) is 5.70. The van der Waals surface area contributed by atoms with Gasteiger partial charge in [-0.3, -0.25) is 9.48 Å². The number of carboxylic acids is 1. The summed E-state index contributed by atoms with van der Waals surface area (Å²) in [6.07, 6.45) is 5.55. The average Bonchev–Trinajstić information content (AvgIpc) is 2.86. The molecule has 1 aromatic heterocycles. The number of carbonyl (C=O) groups is 2. The molecule has 2 N–H and O–H groups in total. The zero-order valence-corrected chi connectivity index (χ0v) is 11.2. The summed E-state index contributed by atoms with van der Waals surface area (Å²) in [4.78, 5) is 22.9. The highest BCUT2D eigenvalue weighted by Crippen LogP contribution is 2.06. The van der Waals surface area contributed by atoms with E-state index in [-0.39, 0.29) is 5.91 Å². The van der Waals surface area contributed by atoms with Crippen molar-refractivity contribution in [2.45, 2.75) is 25.4 Å². The summed E-state index contributed by atoms with van der Waals surface area (Å²) in [5.74, 6) is -0.662. The molecule has 0 radical (unpaired) electrons. The van der Waals surface area contributed by atoms with Gasteiger partial charge in [-0.1, -0.05) is 0 Å². The summed E-state index contributed by atoms with van der Waals surface area (Å²) < 4.78 is 1.49. The molecule has 0 aliphatic rings. The molecule has 18 heavy (non-hydrogen) atoms. The molecule has 1 heterocycles. The number of aromatic nitrogens is 2. The standard InChI is InChI=1S/C11H17N3O3S/c1-8(14-6-3-5-12-14)10(15)13-9(11(16)17)4-7-18-2/h3,5-6,8-9H,4,7H2,1-2H3,(H,13,15)(H,16,17)/t8?,9-/m1/s1. The van der Waals surface area contributed by atoms with Crippen LogP contribution < -0.4 is 5.32 Å². The second kappa shape index (κ2) is 7.05. The maximum atomic E-state index is 11.9. The summed E-state index contributed by atoms with van der Waals surface area (Å²) >= 11 is 1.55. The number of aliphatic carboxylic acids is 1. The lowest BCUT2D eigenvalue weighted by molar-refractivity contribution is -0.142. The van der Waals surface area contributed by atoms with Gasteiger partial charge in [-0.15, -0.1) is 0 Å². The molecule has 0 aromatic carbocycles. The number of rotatable bonds is 7. The molecule has 2 atom stereocenters. The maximum absolute atomic E-state index is 11.9. The molecule has 1 rings (SSSR count). The predicted molar refractivity (Wildman–Crippen MR) is 69.5 cm³/mol. The second-order valence-corrected chi connectivity index (χ2v) is 4.83. The first-order chi connectivity index (χ1) is 8.56. The van der Waals surface area contributed by atoms with E-state index < -0.39 is 18.1 Å². The molecule has 6 nitrogen and oxygen atoms in total. The monoisotopic (exact) mass is 271 g/mol. The Hall–Kier alpha value is -1.50. The van der Waals surface area contributed by atoms with Crippen LogP contribution in [0.5, 0.6) is 0 Å². The lowest BCUT2D eigenvalue weighted by Gasteiger charge is -2.17. The van der Waals surface area contributed by atoms with Crippen molar-refractivity contribution in [1.29, 1.82) is 0 Å². The van der Waals surface area contributed by atoms with Crippen molar-refractivity contribution in [2.75, 3.05) is 12.0 Å². The molecule has 7 heteroatoms. The fraction of sp³-hybridized carbons (Fsp3) is 0.545. The highest BCUT2D eigenvalue weighted by molar-refractivity contribution is 7.98. The zero-order valence-electron chi connectivity index (χ0n) is 10.4. The van der Waals surface area contributed by atoms with Crippen molar-refractivity contribution < 1.29 is 14.7 Å². The van der Waals surface area contributed by atoms with Crippen molar-refractivity contribution in [2.24, 2.45) is 0 Å². The summed E-state index contributed by atoms with van der Waals surface area (Å²) in [6, 6.07) is 0.353. The number of carboxylic acid groups (broad SMARTS) is 1. The van der Waals surface area contributed by atoms with E-state index in [0.29, 0.717) is 12.2 Å². The Balaban J connectivity index is 2.58. The zero-order chi connectivity index (χ0) is 13.5. The Morgan fingerprint density at radius 2 is 2.28 bits per heavy atom. The summed E-state index contributed by atoms with van der Waals surface area (Å²) in [5.41, 5.74) is 0. The minimum atomic E-state index is -1.01. The number of hydrogen-bond acceptors (Lipinski definition) is 4. The Bertz CT molecular complexity index is 394. The summed E-state index contributed by atoms with van der Waals surface area (Å²) in [7, 11) is 0. The average molecular weight is 271 g/mol. The van der Waals surface area contributed by atoms with Crippen LogP contribution in [0.4, 0.5) is 0 Å². The molecule has 0 aliphatic carbocycles. The molecular formula is C11H17N3O3S. The van der Waals surface area contributed by atoms with Gasteiger partial charge >= 0.3 is 5.97 Å². The number of amides is 1. The van der Waals surface area contributed by atoms with Gasteiger partial charge in [0.1, 0.15) is 12.1 Å². The van der Waals surface area contributed by atoms with Gasteiger partial charge in [-0.25, -0.2) is 4.79 Å². The van der Waals surface area contributed by atoms with Gasteiger partial charge in [-0.2, -0.15) is 16.9 Å². The van der Waals surface area contributed by atoms with Crippen LogP contribution in [0.1, 0.15) is 19.4 Å². The van der Waals surface area contributed by atoms with Crippen LogP contribution in [-0.4, -0.2) is 44.8 Å². The van der Waals surface area contributed by atoms with E-state index in [2.05, 4.69) is 10.4 Å². The largest absolute Gasteiger partial charge is 0.480 e. The summed E-state index contributed by atoms with van der Waals surface area (Å²) in [5, 5.41) is 15.5. The third-order valence-electron chi connectivity index (χ3n) is 2.53. The van der Waals surface area contributed by atoms with Gasteiger partial charge < -0.3 is 10.4 Å². The fourth-order valence-corrected chi connectivity index (χ4v) is 1.89. The summed E-state index contributed by atoms with van der Waals surface area (Å²) in [6.45, 7) is 1.68. The first-order valence-corrected chi connectivity index (χ1v) is 6.97. The van der Waals surface area contributed by atoms with Crippen LogP contribution in [0.15, 0.2) is 18.5 Å². The van der Waals surface area contributed by atoms with Crippen LogP contribution in [0, 0.1) is 0 Å². The van der Waals surface area contributed by atoms with Gasteiger partial charge in [-0.05, 0) is 31.4 Å². The van der Waals surface area contributed by atoms with Crippen molar-refractivity contribution in [3.05, 3.63) is 18.5 Å². The Morgan fingerprint density at radius 3 is 2.78 bits per heavy atom. The molecule has 100 valence electrons. The molecule has 1 unspecified atom stereocenters. The number of nitrogens with one attached hydrogen (secondary N) is 1. The van der Waals surface area contributed by atoms with E-state index in [0.717, 1.165) is 0 Å². The molecule has 0 bridgehead atoms. The van der Waals surface area contributed by atoms with Crippen molar-refractivity contribution in [1.82, 2.24) is 15.1 Å². The highest BCUT2D eigenvalue weighted by Gasteiger charge is 2.23. The molecule has 1 amide bonds. The lowest BCUT2D eigenvalue weighted by Crippen LogP contribution is -2.44. The van der Waals surface area contributed by atoms with Crippen LogP contribution in [0.3, 0.4) is 0 Å². The van der Waals surface area contributed by atoms with E-state index in [1.165, 1.54) is 4.68 Å². The van der Waals surface area contributed by atoms with Gasteiger partial charge in [0.05, 0.1) is 0 Å². The predicted octanol–water partition coefficient (Wildman–Crippen LogP) is 0.767. The van der Waals surface area contributed by atoms with Gasteiger partial charge in [0.2, 0.25) is 5.91 Å². The SMILES string of the molecule is CSCC[C@@H](NC(=O)C(C)n1cccn1)C(=O)O. The number of nitrogens with zero attached hydrogens (tertiary/aromatic N) is 2. The first kappa shape index (κ1) is 14.6. The van der Waals surface area contributed by atoms with Gasteiger partial charge in [0.25, 0.3) is 0 Å². The van der Waals surface area contributed by atoms with Crippen LogP contribution in [0.25, 0.3) is 0 Å². The van der Waals surface area contributed by atoms with E-state index >= 15 is 0 Å². The second-order valence-electron chi connectivity index (χ2n) is 3.84. The van der Waals surface area contributed by atoms with E-state index in [4.69, 9.17) is 5.11 Å². The molecule has 0 spiro atoms. The van der Waals surface area contributed by atoms with Crippen molar-refractivity contribution in [3.63, 3.8) is 0 Å². The first-order valence-electron chi connectivity index (χ1n) is 5.57. The minimum absolute atomic E-state index is 0.341. The smallest absolute Gasteiger partial charge is 0.326 e. The van der Waals surface area contributed by atoms with Gasteiger partial charge in [0, 0.05) is 12.4 Å². The highest BCUT2D eigenvalue weighted by atomic mass is 32.2. The van der Waals surface area contributed by atoms with E-state index in [9.17, 15) is 9.59 Å². The normalized spacial score (nSPS) is 13.9. The van der Waals surface area contributed by atoms with Crippen LogP contribution >= 0.6 is 11.8 Å². The Morgan fingerprint density at radius 1 is 1.56 bits per heavy atom. The molecule has 0 saturated carbocycles. The quantitative estimate of drug-likeness (QED) is 0.765. The van der Waals surface area contributed by atoms with Crippen LogP contribution in [0.2, 0.25) is 0 Å². The van der Waals surface area contributed by atoms with Crippen LogP contribution in [-0.2, 0) is 9.59 Å². The Labute approximate surface area is 110 Å². The number of hydrogen-bond donors (Lipinski definition) is 2. The fourth-order valence-electron chi connectivity index (χ4n) is 1.42. The molecule has 0 fully saturated rings. The topological polar surface area (TPSA) is 84.2 Å². The van der Waals surface area contributed by atoms with E-state index in [1.54, 1.807) is 37.1 Å². The van der Waals surface area contributed by atoms with Crippen molar-refractivity contribution in [3.8, 4) is 0 Å². The number of thioether (sulfide) groups is 1. The minimum Gasteiger partial charge on any atom is -0.480 e. The number of carbonyl (C=O) groups excluding carboxylic acids is 1. The lowest BCUT2D eigenvalue weighted by atomic mass is 10.2. The van der Waals surface area contributed by atoms with Gasteiger partial charge in [0.15, 0.2) is 0 Å². The molecule has 1 aromatic rings. The maximum Gasteiger partial charge on any atom is 0.326 e. The molecular weight excluding hydrogens is 254 g/mol. The molecule has 0 saturated heterocycles. The van der Waals surface area contributed by atoms with Crippen molar-refractivity contribution >= 4 is 23.6 Å². The third kappa shape index (κ3) is 4.06. The van der Waals surface area contributed by atoms with E-state index in [1.807, 2.05) is 6.26 Å². The third-order valence-corrected chi connectivity index (χ3v) is 3.17.